The van der Waals surface area contributed by atoms with Gasteiger partial charge in [-0.1, -0.05) is 24.3 Å². The number of nitrogens with zero attached hydrogens (tertiary/aromatic N) is 3. The molecule has 5 aromatic rings. The van der Waals surface area contributed by atoms with E-state index in [4.69, 9.17) is 4.74 Å². The van der Waals surface area contributed by atoms with Crippen molar-refractivity contribution in [2.45, 2.75) is 0 Å². The Morgan fingerprint density at radius 1 is 1.00 bits per heavy atom. The van der Waals surface area contributed by atoms with Gasteiger partial charge in [0.25, 0.3) is 5.91 Å². The van der Waals surface area contributed by atoms with Crippen molar-refractivity contribution >= 4 is 49.3 Å². The van der Waals surface area contributed by atoms with Gasteiger partial charge in [-0.15, -0.1) is 10.2 Å². The van der Waals surface area contributed by atoms with Crippen molar-refractivity contribution in [2.75, 3.05) is 12.4 Å². The second-order valence-corrected chi connectivity index (χ2v) is 7.91. The number of aromatic nitrogens is 3. The highest BCUT2D eigenvalue weighted by Gasteiger charge is 2.18. The lowest BCUT2D eigenvalue weighted by atomic mass is 10.1. The van der Waals surface area contributed by atoms with Crippen LogP contribution in [0.15, 0.2) is 77.3 Å². The van der Waals surface area contributed by atoms with Crippen LogP contribution >= 0.6 is 15.9 Å². The molecule has 0 aliphatic carbocycles. The van der Waals surface area contributed by atoms with Crippen molar-refractivity contribution in [3.05, 3.63) is 88.6 Å². The van der Waals surface area contributed by atoms with Crippen molar-refractivity contribution in [3.63, 3.8) is 0 Å². The number of hydrogen-bond donors (Lipinski definition) is 1. The summed E-state index contributed by atoms with van der Waals surface area (Å²) in [6.07, 6.45) is 0. The number of nitrogens with one attached hydrogen (secondary N) is 1. The lowest BCUT2D eigenvalue weighted by Gasteiger charge is -2.13. The molecule has 0 unspecified atom stereocenters. The summed E-state index contributed by atoms with van der Waals surface area (Å²) in [4.78, 5) is 14.5. The molecular formula is C24H16BrFN4O2. The Kier molecular flexibility index (Phi) is 5.07. The number of ether oxygens (including phenoxy) is 1. The molecule has 4 aromatic carbocycles. The van der Waals surface area contributed by atoms with Crippen LogP contribution in [-0.2, 0) is 0 Å². The van der Waals surface area contributed by atoms with Gasteiger partial charge in [0.15, 0.2) is 0 Å². The molecule has 0 radical (unpaired) electrons. The number of hydrogen-bond acceptors (Lipinski definition) is 4. The molecule has 0 atom stereocenters. The smallest absolute Gasteiger partial charge is 0.259 e. The quantitative estimate of drug-likeness (QED) is 0.349. The Labute approximate surface area is 190 Å². The van der Waals surface area contributed by atoms with E-state index in [1.54, 1.807) is 36.4 Å². The Morgan fingerprint density at radius 2 is 1.75 bits per heavy atom. The number of rotatable bonds is 4. The molecule has 158 valence electrons. The molecule has 0 fully saturated rings. The second-order valence-electron chi connectivity index (χ2n) is 7.12. The van der Waals surface area contributed by atoms with Crippen LogP contribution < -0.4 is 10.1 Å². The van der Waals surface area contributed by atoms with E-state index in [9.17, 15) is 9.18 Å². The van der Waals surface area contributed by atoms with Gasteiger partial charge in [-0.2, -0.15) is 4.80 Å². The van der Waals surface area contributed by atoms with Crippen molar-refractivity contribution in [1.29, 1.82) is 0 Å². The Morgan fingerprint density at radius 3 is 2.53 bits per heavy atom. The van der Waals surface area contributed by atoms with Gasteiger partial charge >= 0.3 is 0 Å². The molecule has 32 heavy (non-hydrogen) atoms. The van der Waals surface area contributed by atoms with Crippen LogP contribution in [0.25, 0.3) is 27.5 Å². The lowest BCUT2D eigenvalue weighted by Crippen LogP contribution is -2.13. The molecule has 0 bridgehead atoms. The number of benzene rings is 4. The fourth-order valence-corrected chi connectivity index (χ4v) is 4.27. The van der Waals surface area contributed by atoms with E-state index in [-0.39, 0.29) is 11.7 Å². The first-order valence-electron chi connectivity index (χ1n) is 9.73. The second kappa shape index (κ2) is 8.05. The van der Waals surface area contributed by atoms with E-state index in [1.165, 1.54) is 24.0 Å². The van der Waals surface area contributed by atoms with Gasteiger partial charge in [0.2, 0.25) is 0 Å². The van der Waals surface area contributed by atoms with Crippen LogP contribution in [0.2, 0.25) is 0 Å². The van der Waals surface area contributed by atoms with Gasteiger partial charge in [-0.3, -0.25) is 4.79 Å². The van der Waals surface area contributed by atoms with E-state index >= 15 is 0 Å². The van der Waals surface area contributed by atoms with Crippen LogP contribution in [-0.4, -0.2) is 28.0 Å². The molecule has 0 saturated carbocycles. The molecule has 0 aliphatic heterocycles. The average molecular weight is 491 g/mol. The number of carbonyl (C=O) groups excluding carboxylic acids is 1. The van der Waals surface area contributed by atoms with Crippen LogP contribution in [0.3, 0.4) is 0 Å². The van der Waals surface area contributed by atoms with Crippen molar-refractivity contribution in [1.82, 2.24) is 15.0 Å². The lowest BCUT2D eigenvalue weighted by molar-refractivity contribution is 0.102. The number of anilines is 1. The minimum Gasteiger partial charge on any atom is -0.495 e. The SMILES string of the molecule is COc1c(C(=O)Nc2ccc3nn(-c4ccc(F)cc4)nc3c2)cc2ccccc2c1Br. The Balaban J connectivity index is 1.48. The summed E-state index contributed by atoms with van der Waals surface area (Å²) >= 11 is 3.56. The van der Waals surface area contributed by atoms with Gasteiger partial charge in [-0.25, -0.2) is 4.39 Å². The first-order valence-corrected chi connectivity index (χ1v) is 10.5. The normalized spacial score (nSPS) is 11.1. The summed E-state index contributed by atoms with van der Waals surface area (Å²) < 4.78 is 19.4. The summed E-state index contributed by atoms with van der Waals surface area (Å²) in [5.74, 6) is -0.172. The molecule has 0 aliphatic rings. The molecule has 0 saturated heterocycles. The molecule has 1 N–H and O–H groups in total. The topological polar surface area (TPSA) is 69.0 Å². The minimum absolute atomic E-state index is 0.307. The van der Waals surface area contributed by atoms with E-state index in [0.29, 0.717) is 33.7 Å². The predicted molar refractivity (Wildman–Crippen MR) is 125 cm³/mol. The summed E-state index contributed by atoms with van der Waals surface area (Å²) in [5.41, 5.74) is 2.87. The van der Waals surface area contributed by atoms with E-state index in [1.807, 2.05) is 24.3 Å². The van der Waals surface area contributed by atoms with Gasteiger partial charge in [-0.05, 0) is 75.2 Å². The zero-order valence-electron chi connectivity index (χ0n) is 16.8. The standard InChI is InChI=1S/C24H16BrFN4O2/c1-32-23-19(12-14-4-2-3-5-18(14)22(23)25)24(31)27-16-8-11-20-21(13-16)29-30(28-20)17-9-6-15(26)7-10-17/h2-13H,1H3,(H,27,31). The third-order valence-electron chi connectivity index (χ3n) is 5.09. The highest BCUT2D eigenvalue weighted by Crippen LogP contribution is 2.37. The Hall–Kier alpha value is -3.78. The maximum atomic E-state index is 13.2. The third kappa shape index (κ3) is 3.58. The number of fused-ring (bicyclic) bond motifs is 2. The van der Waals surface area contributed by atoms with E-state index in [2.05, 4.69) is 31.4 Å². The summed E-state index contributed by atoms with van der Waals surface area (Å²) in [6, 6.07) is 20.7. The first kappa shape index (κ1) is 20.1. The highest BCUT2D eigenvalue weighted by atomic mass is 79.9. The van der Waals surface area contributed by atoms with Gasteiger partial charge < -0.3 is 10.1 Å². The highest BCUT2D eigenvalue weighted by molar-refractivity contribution is 9.10. The molecule has 1 aromatic heterocycles. The molecule has 1 heterocycles. The molecule has 1 amide bonds. The molecule has 6 nitrogen and oxygen atoms in total. The van der Waals surface area contributed by atoms with Gasteiger partial charge in [0.1, 0.15) is 22.6 Å². The largest absolute Gasteiger partial charge is 0.495 e. The fourth-order valence-electron chi connectivity index (χ4n) is 3.53. The van der Waals surface area contributed by atoms with Crippen LogP contribution in [0.4, 0.5) is 10.1 Å². The zero-order chi connectivity index (χ0) is 22.2. The van der Waals surface area contributed by atoms with Gasteiger partial charge in [0.05, 0.1) is 22.8 Å². The van der Waals surface area contributed by atoms with Crippen LogP contribution in [0.1, 0.15) is 10.4 Å². The van der Waals surface area contributed by atoms with Crippen LogP contribution in [0.5, 0.6) is 5.75 Å². The van der Waals surface area contributed by atoms with Crippen molar-refractivity contribution in [3.8, 4) is 11.4 Å². The monoisotopic (exact) mass is 490 g/mol. The summed E-state index contributed by atoms with van der Waals surface area (Å²) in [7, 11) is 1.53. The third-order valence-corrected chi connectivity index (χ3v) is 5.87. The Bertz CT molecular complexity index is 1480. The number of methoxy groups -OCH3 is 1. The average Bonchev–Trinajstić information content (AvgIpc) is 3.23. The molecule has 0 spiro atoms. The number of halogens is 2. The minimum atomic E-state index is -0.328. The van der Waals surface area contributed by atoms with Crippen LogP contribution in [0, 0.1) is 5.82 Å². The number of amides is 1. The summed E-state index contributed by atoms with van der Waals surface area (Å²) in [6.45, 7) is 0. The molecule has 5 rings (SSSR count). The van der Waals surface area contributed by atoms with Gasteiger partial charge in [0, 0.05) is 5.69 Å². The zero-order valence-corrected chi connectivity index (χ0v) is 18.4. The number of carbonyl (C=O) groups is 1. The van der Waals surface area contributed by atoms with Crippen molar-refractivity contribution < 1.29 is 13.9 Å². The predicted octanol–water partition coefficient (Wildman–Crippen LogP) is 5.74. The fraction of sp³-hybridized carbons (Fsp3) is 0.0417. The maximum Gasteiger partial charge on any atom is 0.259 e. The molecule has 8 heteroatoms. The van der Waals surface area contributed by atoms with E-state index in [0.717, 1.165) is 15.2 Å². The maximum absolute atomic E-state index is 13.2. The van der Waals surface area contributed by atoms with E-state index < -0.39 is 0 Å². The molecular weight excluding hydrogens is 475 g/mol. The van der Waals surface area contributed by atoms with Crippen molar-refractivity contribution in [2.24, 2.45) is 0 Å². The summed E-state index contributed by atoms with van der Waals surface area (Å²) in [5, 5.41) is 13.6. The first-order chi connectivity index (χ1) is 15.5.